The molecule has 2 amide bonds. The average Bonchev–Trinajstić information content (AvgIpc) is 2.65. The summed E-state index contributed by atoms with van der Waals surface area (Å²) in [6.07, 6.45) is 0. The molecule has 0 radical (unpaired) electrons. The van der Waals surface area contributed by atoms with Crippen molar-refractivity contribution >= 4 is 23.2 Å². The Kier molecular flexibility index (Phi) is 6.84. The molecule has 8 heteroatoms. The van der Waals surface area contributed by atoms with Crippen LogP contribution in [-0.4, -0.2) is 37.4 Å². The molecule has 8 nitrogen and oxygen atoms in total. The molecule has 0 spiro atoms. The zero-order valence-electron chi connectivity index (χ0n) is 16.5. The number of anilines is 1. The predicted octanol–water partition coefficient (Wildman–Crippen LogP) is 1.22. The van der Waals surface area contributed by atoms with E-state index < -0.39 is 4.92 Å². The van der Waals surface area contributed by atoms with Crippen LogP contribution in [0.2, 0.25) is 0 Å². The first-order valence-electron chi connectivity index (χ1n) is 8.89. The van der Waals surface area contributed by atoms with Gasteiger partial charge in [-0.25, -0.2) is 0 Å². The van der Waals surface area contributed by atoms with Gasteiger partial charge in [-0.2, -0.15) is 0 Å². The van der Waals surface area contributed by atoms with Crippen molar-refractivity contribution in [2.24, 2.45) is 0 Å². The Balaban J connectivity index is 2.03. The maximum Gasteiger partial charge on any atom is 0.293 e. The molecule has 28 heavy (non-hydrogen) atoms. The largest absolute Gasteiger partial charge is 0.355 e. The van der Waals surface area contributed by atoms with Crippen LogP contribution in [0.4, 0.5) is 11.4 Å². The van der Waals surface area contributed by atoms with Gasteiger partial charge in [0.2, 0.25) is 0 Å². The van der Waals surface area contributed by atoms with E-state index in [1.165, 1.54) is 6.07 Å². The molecule has 0 aliphatic rings. The summed E-state index contributed by atoms with van der Waals surface area (Å²) in [5, 5.41) is 16.5. The standard InChI is InChI=1S/C20H24N4O4/c1-13-5-10-17(24(27)28)19(14(13)2)22-18(25)12-23(4)11-15-6-8-16(9-7-15)20(26)21-3/h5-10H,11-12H2,1-4H3,(H,21,26)(H,22,25)/p+1. The summed E-state index contributed by atoms with van der Waals surface area (Å²) in [6, 6.07) is 10.2. The molecular formula is C20H25N4O4+. The van der Waals surface area contributed by atoms with Gasteiger partial charge in [0, 0.05) is 24.2 Å². The lowest BCUT2D eigenvalue weighted by Crippen LogP contribution is -3.08. The minimum atomic E-state index is -0.493. The summed E-state index contributed by atoms with van der Waals surface area (Å²) in [5.41, 5.74) is 3.25. The Morgan fingerprint density at radius 2 is 1.75 bits per heavy atom. The first kappa shape index (κ1) is 21.0. The molecule has 148 valence electrons. The molecule has 2 aromatic rings. The Labute approximate surface area is 163 Å². The first-order chi connectivity index (χ1) is 13.2. The maximum absolute atomic E-state index is 12.4. The van der Waals surface area contributed by atoms with Crippen LogP contribution < -0.4 is 15.5 Å². The quantitative estimate of drug-likeness (QED) is 0.492. The molecule has 0 heterocycles. The number of likely N-dealkylation sites (N-methyl/N-ethyl adjacent to an activating group) is 1. The normalized spacial score (nSPS) is 11.6. The van der Waals surface area contributed by atoms with E-state index in [0.717, 1.165) is 16.0 Å². The number of aryl methyl sites for hydroxylation is 1. The van der Waals surface area contributed by atoms with Crippen LogP contribution in [0.3, 0.4) is 0 Å². The third-order valence-electron chi connectivity index (χ3n) is 4.59. The van der Waals surface area contributed by atoms with E-state index in [0.29, 0.717) is 17.7 Å². The fraction of sp³-hybridized carbons (Fsp3) is 0.300. The molecule has 0 aromatic heterocycles. The zero-order chi connectivity index (χ0) is 20.8. The van der Waals surface area contributed by atoms with Crippen molar-refractivity contribution in [3.63, 3.8) is 0 Å². The maximum atomic E-state index is 12.4. The Morgan fingerprint density at radius 1 is 1.11 bits per heavy atom. The van der Waals surface area contributed by atoms with Crippen LogP contribution in [-0.2, 0) is 11.3 Å². The van der Waals surface area contributed by atoms with Crippen LogP contribution in [0.1, 0.15) is 27.0 Å². The average molecular weight is 385 g/mol. The number of carbonyl (C=O) groups is 2. The molecule has 3 N–H and O–H groups in total. The number of nitro groups is 1. The fourth-order valence-electron chi connectivity index (χ4n) is 2.90. The lowest BCUT2D eigenvalue weighted by atomic mass is 10.1. The van der Waals surface area contributed by atoms with Crippen molar-refractivity contribution in [2.45, 2.75) is 20.4 Å². The first-order valence-corrected chi connectivity index (χ1v) is 8.89. The number of hydrogen-bond donors (Lipinski definition) is 3. The van der Waals surface area contributed by atoms with Crippen molar-refractivity contribution < 1.29 is 19.4 Å². The molecule has 0 fully saturated rings. The number of quaternary nitrogens is 1. The highest BCUT2D eigenvalue weighted by Crippen LogP contribution is 2.29. The van der Waals surface area contributed by atoms with Gasteiger partial charge in [0.1, 0.15) is 12.2 Å². The number of nitro benzene ring substituents is 1. The van der Waals surface area contributed by atoms with E-state index in [1.54, 1.807) is 32.2 Å². The number of amides is 2. The molecule has 1 atom stereocenters. The van der Waals surface area contributed by atoms with Gasteiger partial charge in [-0.05, 0) is 37.1 Å². The molecule has 0 saturated heterocycles. The third kappa shape index (κ3) is 5.14. The highest BCUT2D eigenvalue weighted by molar-refractivity contribution is 5.95. The number of nitrogens with zero attached hydrogens (tertiary/aromatic N) is 1. The van der Waals surface area contributed by atoms with Crippen molar-refractivity contribution in [2.75, 3.05) is 26.0 Å². The van der Waals surface area contributed by atoms with E-state index in [1.807, 2.05) is 26.1 Å². The SMILES string of the molecule is CNC(=O)c1ccc(C[NH+](C)CC(=O)Nc2c([N+](=O)[O-])ccc(C)c2C)cc1. The molecule has 2 aromatic carbocycles. The van der Waals surface area contributed by atoms with E-state index >= 15 is 0 Å². The molecule has 2 rings (SSSR count). The van der Waals surface area contributed by atoms with Crippen molar-refractivity contribution in [1.82, 2.24) is 5.32 Å². The van der Waals surface area contributed by atoms with Gasteiger partial charge in [0.05, 0.1) is 12.0 Å². The molecule has 0 bridgehead atoms. The van der Waals surface area contributed by atoms with Crippen molar-refractivity contribution in [3.8, 4) is 0 Å². The Hall–Kier alpha value is -3.26. The number of hydrogen-bond acceptors (Lipinski definition) is 4. The zero-order valence-corrected chi connectivity index (χ0v) is 16.5. The molecular weight excluding hydrogens is 360 g/mol. The summed E-state index contributed by atoms with van der Waals surface area (Å²) in [7, 11) is 3.44. The van der Waals surface area contributed by atoms with Gasteiger partial charge in [-0.15, -0.1) is 0 Å². The number of rotatable bonds is 7. The summed E-state index contributed by atoms with van der Waals surface area (Å²) >= 11 is 0. The number of nitrogens with one attached hydrogen (secondary N) is 3. The summed E-state index contributed by atoms with van der Waals surface area (Å²) in [4.78, 5) is 35.7. The van der Waals surface area contributed by atoms with Crippen molar-refractivity contribution in [1.29, 1.82) is 0 Å². The predicted molar refractivity (Wildman–Crippen MR) is 106 cm³/mol. The summed E-state index contributed by atoms with van der Waals surface area (Å²) in [5.74, 6) is -0.446. The minimum absolute atomic E-state index is 0.112. The van der Waals surface area contributed by atoms with Crippen LogP contribution in [0.5, 0.6) is 0 Å². The number of benzene rings is 2. The lowest BCUT2D eigenvalue weighted by molar-refractivity contribution is -0.885. The second-order valence-electron chi connectivity index (χ2n) is 6.79. The van der Waals surface area contributed by atoms with Crippen LogP contribution >= 0.6 is 0 Å². The van der Waals surface area contributed by atoms with E-state index in [-0.39, 0.29) is 29.7 Å². The lowest BCUT2D eigenvalue weighted by Gasteiger charge is -2.15. The Bertz CT molecular complexity index is 894. The topological polar surface area (TPSA) is 106 Å². The van der Waals surface area contributed by atoms with Crippen LogP contribution in [0, 0.1) is 24.0 Å². The summed E-state index contributed by atoms with van der Waals surface area (Å²) < 4.78 is 0. The van der Waals surface area contributed by atoms with Gasteiger partial charge >= 0.3 is 0 Å². The Morgan fingerprint density at radius 3 is 2.32 bits per heavy atom. The highest BCUT2D eigenvalue weighted by Gasteiger charge is 2.21. The second kappa shape index (κ2) is 9.09. The van der Waals surface area contributed by atoms with Crippen molar-refractivity contribution in [3.05, 3.63) is 68.8 Å². The van der Waals surface area contributed by atoms with Gasteiger partial charge in [-0.3, -0.25) is 19.7 Å². The van der Waals surface area contributed by atoms with Crippen LogP contribution in [0.15, 0.2) is 36.4 Å². The summed E-state index contributed by atoms with van der Waals surface area (Å²) in [6.45, 7) is 4.33. The monoisotopic (exact) mass is 385 g/mol. The van der Waals surface area contributed by atoms with Gasteiger partial charge in [0.25, 0.3) is 17.5 Å². The van der Waals surface area contributed by atoms with Gasteiger partial charge in [0.15, 0.2) is 6.54 Å². The van der Waals surface area contributed by atoms with Gasteiger partial charge < -0.3 is 15.5 Å². The highest BCUT2D eigenvalue weighted by atomic mass is 16.6. The third-order valence-corrected chi connectivity index (χ3v) is 4.59. The molecule has 0 saturated carbocycles. The van der Waals surface area contributed by atoms with E-state index in [2.05, 4.69) is 10.6 Å². The number of carbonyl (C=O) groups excluding carboxylic acids is 2. The minimum Gasteiger partial charge on any atom is -0.355 e. The fourth-order valence-corrected chi connectivity index (χ4v) is 2.90. The van der Waals surface area contributed by atoms with E-state index in [9.17, 15) is 19.7 Å². The van der Waals surface area contributed by atoms with Gasteiger partial charge in [-0.1, -0.05) is 18.2 Å². The van der Waals surface area contributed by atoms with Crippen LogP contribution in [0.25, 0.3) is 0 Å². The molecule has 1 unspecified atom stereocenters. The van der Waals surface area contributed by atoms with E-state index in [4.69, 9.17) is 0 Å². The second-order valence-corrected chi connectivity index (χ2v) is 6.79. The smallest absolute Gasteiger partial charge is 0.293 e. The molecule has 0 aliphatic heterocycles. The molecule has 0 aliphatic carbocycles.